The molecule has 3 aromatic rings. The van der Waals surface area contributed by atoms with Crippen molar-refractivity contribution in [3.8, 4) is 23.0 Å². The van der Waals surface area contributed by atoms with Crippen LogP contribution in [0.4, 0.5) is 0 Å². The average molecular weight is 353 g/mol. The molecule has 26 heavy (non-hydrogen) atoms. The second kappa shape index (κ2) is 7.74. The van der Waals surface area contributed by atoms with Crippen LogP contribution in [0.5, 0.6) is 11.5 Å². The first-order valence-corrected chi connectivity index (χ1v) is 8.03. The number of oxazole rings is 1. The lowest BCUT2D eigenvalue weighted by Crippen LogP contribution is -2.06. The van der Waals surface area contributed by atoms with Gasteiger partial charge in [0, 0.05) is 11.6 Å². The lowest BCUT2D eigenvalue weighted by Gasteiger charge is -2.11. The Morgan fingerprint density at radius 3 is 2.58 bits per heavy atom. The molecular formula is C20H19NO5. The molecule has 0 spiro atoms. The zero-order chi connectivity index (χ0) is 18.5. The number of hydrogen-bond donors (Lipinski definition) is 0. The van der Waals surface area contributed by atoms with Crippen molar-refractivity contribution in [2.24, 2.45) is 0 Å². The van der Waals surface area contributed by atoms with Gasteiger partial charge in [0.25, 0.3) is 0 Å². The summed E-state index contributed by atoms with van der Waals surface area (Å²) in [6, 6.07) is 14.5. The van der Waals surface area contributed by atoms with Gasteiger partial charge in [-0.2, -0.15) is 0 Å². The standard InChI is InChI=1S/C20H19NO5/c1-13-17(21-19(26-13)14-7-5-4-6-8-14)12-25-18-11-15(23-2)9-10-16(18)20(22)24-3/h4-11H,12H2,1-3H3. The van der Waals surface area contributed by atoms with Gasteiger partial charge in [-0.25, -0.2) is 9.78 Å². The van der Waals surface area contributed by atoms with Crippen molar-refractivity contribution in [1.29, 1.82) is 0 Å². The van der Waals surface area contributed by atoms with Crippen LogP contribution in [-0.2, 0) is 11.3 Å². The van der Waals surface area contributed by atoms with Crippen LogP contribution in [0.1, 0.15) is 21.8 Å². The molecule has 6 heteroatoms. The summed E-state index contributed by atoms with van der Waals surface area (Å²) >= 11 is 0. The zero-order valence-corrected chi connectivity index (χ0v) is 14.8. The zero-order valence-electron chi connectivity index (χ0n) is 14.8. The maximum Gasteiger partial charge on any atom is 0.341 e. The van der Waals surface area contributed by atoms with E-state index in [0.29, 0.717) is 34.4 Å². The molecule has 0 atom stereocenters. The molecule has 0 N–H and O–H groups in total. The fourth-order valence-corrected chi connectivity index (χ4v) is 2.44. The molecule has 1 aromatic heterocycles. The number of esters is 1. The predicted molar refractivity (Wildman–Crippen MR) is 95.3 cm³/mol. The highest BCUT2D eigenvalue weighted by Crippen LogP contribution is 2.27. The number of aryl methyl sites for hydroxylation is 1. The van der Waals surface area contributed by atoms with E-state index in [-0.39, 0.29) is 6.61 Å². The first kappa shape index (κ1) is 17.5. The highest BCUT2D eigenvalue weighted by Gasteiger charge is 2.17. The van der Waals surface area contributed by atoms with Crippen molar-refractivity contribution in [3.63, 3.8) is 0 Å². The van der Waals surface area contributed by atoms with Crippen LogP contribution in [0, 0.1) is 6.92 Å². The van der Waals surface area contributed by atoms with E-state index < -0.39 is 5.97 Å². The largest absolute Gasteiger partial charge is 0.497 e. The average Bonchev–Trinajstić information content (AvgIpc) is 3.07. The number of methoxy groups -OCH3 is 2. The van der Waals surface area contributed by atoms with Gasteiger partial charge in [0.2, 0.25) is 5.89 Å². The minimum absolute atomic E-state index is 0.152. The summed E-state index contributed by atoms with van der Waals surface area (Å²) in [6.07, 6.45) is 0. The minimum atomic E-state index is -0.482. The number of carbonyl (C=O) groups excluding carboxylic acids is 1. The van der Waals surface area contributed by atoms with Gasteiger partial charge >= 0.3 is 5.97 Å². The Bertz CT molecular complexity index is 902. The topological polar surface area (TPSA) is 70.8 Å². The summed E-state index contributed by atoms with van der Waals surface area (Å²) in [5, 5.41) is 0. The third-order valence-electron chi connectivity index (χ3n) is 3.87. The van der Waals surface area contributed by atoms with Crippen LogP contribution in [0.3, 0.4) is 0 Å². The van der Waals surface area contributed by atoms with Gasteiger partial charge < -0.3 is 18.6 Å². The molecule has 0 aliphatic rings. The van der Waals surface area contributed by atoms with Gasteiger partial charge in [-0.05, 0) is 31.2 Å². The quantitative estimate of drug-likeness (QED) is 0.623. The van der Waals surface area contributed by atoms with Crippen molar-refractivity contribution >= 4 is 5.97 Å². The van der Waals surface area contributed by atoms with Gasteiger partial charge in [-0.3, -0.25) is 0 Å². The fraction of sp³-hybridized carbons (Fsp3) is 0.200. The van der Waals surface area contributed by atoms with Crippen molar-refractivity contribution in [2.45, 2.75) is 13.5 Å². The molecular weight excluding hydrogens is 334 g/mol. The maximum absolute atomic E-state index is 11.9. The fourth-order valence-electron chi connectivity index (χ4n) is 2.44. The third kappa shape index (κ3) is 3.69. The Morgan fingerprint density at radius 1 is 1.12 bits per heavy atom. The molecule has 0 aliphatic carbocycles. The SMILES string of the molecule is COC(=O)c1ccc(OC)cc1OCc1nc(-c2ccccc2)oc1C. The van der Waals surface area contributed by atoms with Crippen LogP contribution in [0.25, 0.3) is 11.5 Å². The van der Waals surface area contributed by atoms with E-state index in [2.05, 4.69) is 4.98 Å². The highest BCUT2D eigenvalue weighted by molar-refractivity contribution is 5.92. The Labute approximate surface area is 151 Å². The number of aromatic nitrogens is 1. The summed E-state index contributed by atoms with van der Waals surface area (Å²) in [5.74, 6) is 1.64. The Kier molecular flexibility index (Phi) is 5.22. The van der Waals surface area contributed by atoms with E-state index in [1.807, 2.05) is 37.3 Å². The second-order valence-corrected chi connectivity index (χ2v) is 5.53. The number of nitrogens with zero attached hydrogens (tertiary/aromatic N) is 1. The van der Waals surface area contributed by atoms with Gasteiger partial charge in [-0.1, -0.05) is 18.2 Å². The number of rotatable bonds is 6. The van der Waals surface area contributed by atoms with Crippen molar-refractivity contribution in [1.82, 2.24) is 4.98 Å². The number of benzene rings is 2. The van der Waals surface area contributed by atoms with E-state index in [1.165, 1.54) is 7.11 Å². The Morgan fingerprint density at radius 2 is 1.88 bits per heavy atom. The molecule has 1 heterocycles. The Hall–Kier alpha value is -3.28. The summed E-state index contributed by atoms with van der Waals surface area (Å²) in [6.45, 7) is 1.98. The monoisotopic (exact) mass is 353 g/mol. The van der Waals surface area contributed by atoms with Crippen molar-refractivity contribution in [3.05, 3.63) is 65.5 Å². The summed E-state index contributed by atoms with van der Waals surface area (Å²) in [7, 11) is 2.87. The number of carbonyl (C=O) groups is 1. The van der Waals surface area contributed by atoms with Crippen molar-refractivity contribution < 1.29 is 23.4 Å². The maximum atomic E-state index is 11.9. The summed E-state index contributed by atoms with van der Waals surface area (Å²) < 4.78 is 21.5. The smallest absolute Gasteiger partial charge is 0.341 e. The first-order chi connectivity index (χ1) is 12.6. The molecule has 134 valence electrons. The predicted octanol–water partition coefficient (Wildman–Crippen LogP) is 4.02. The third-order valence-corrected chi connectivity index (χ3v) is 3.87. The number of ether oxygens (including phenoxy) is 3. The van der Waals surface area contributed by atoms with Crippen LogP contribution in [-0.4, -0.2) is 25.2 Å². The van der Waals surface area contributed by atoms with Gasteiger partial charge in [0.05, 0.1) is 14.2 Å². The van der Waals surface area contributed by atoms with Gasteiger partial charge in [0.15, 0.2) is 0 Å². The molecule has 6 nitrogen and oxygen atoms in total. The summed E-state index contributed by atoms with van der Waals surface area (Å²) in [5.41, 5.74) is 1.86. The second-order valence-electron chi connectivity index (χ2n) is 5.53. The van der Waals surface area contributed by atoms with E-state index >= 15 is 0 Å². The first-order valence-electron chi connectivity index (χ1n) is 8.03. The van der Waals surface area contributed by atoms with E-state index in [0.717, 1.165) is 5.56 Å². The van der Waals surface area contributed by atoms with E-state index in [4.69, 9.17) is 18.6 Å². The number of hydrogen-bond acceptors (Lipinski definition) is 6. The lowest BCUT2D eigenvalue weighted by atomic mass is 10.2. The van der Waals surface area contributed by atoms with Crippen LogP contribution in [0.2, 0.25) is 0 Å². The van der Waals surface area contributed by atoms with Crippen molar-refractivity contribution in [2.75, 3.05) is 14.2 Å². The normalized spacial score (nSPS) is 10.4. The molecule has 0 saturated carbocycles. The van der Waals surface area contributed by atoms with Gasteiger partial charge in [0.1, 0.15) is 35.1 Å². The molecule has 0 fully saturated rings. The van der Waals surface area contributed by atoms with Crippen LogP contribution >= 0.6 is 0 Å². The molecule has 3 rings (SSSR count). The molecule has 0 saturated heterocycles. The van der Waals surface area contributed by atoms with E-state index in [1.54, 1.807) is 25.3 Å². The van der Waals surface area contributed by atoms with E-state index in [9.17, 15) is 4.79 Å². The molecule has 0 amide bonds. The molecule has 0 unspecified atom stereocenters. The Balaban J connectivity index is 1.83. The molecule has 2 aromatic carbocycles. The van der Waals surface area contributed by atoms with Crippen LogP contribution in [0.15, 0.2) is 52.9 Å². The van der Waals surface area contributed by atoms with Gasteiger partial charge in [-0.15, -0.1) is 0 Å². The van der Waals surface area contributed by atoms with Crippen LogP contribution < -0.4 is 9.47 Å². The summed E-state index contributed by atoms with van der Waals surface area (Å²) in [4.78, 5) is 16.4. The minimum Gasteiger partial charge on any atom is -0.497 e. The molecule has 0 aliphatic heterocycles. The molecule has 0 radical (unpaired) electrons. The lowest BCUT2D eigenvalue weighted by molar-refractivity contribution is 0.0595. The molecule has 0 bridgehead atoms. The highest BCUT2D eigenvalue weighted by atomic mass is 16.5.